The summed E-state index contributed by atoms with van der Waals surface area (Å²) in [6.45, 7) is 0.258. The first-order chi connectivity index (χ1) is 6.82. The Morgan fingerprint density at radius 1 is 1.00 bits per heavy atom. The van der Waals surface area contributed by atoms with Crippen molar-refractivity contribution in [2.45, 2.75) is 31.3 Å². The van der Waals surface area contributed by atoms with Gasteiger partial charge in [0.25, 0.3) is 0 Å². The highest BCUT2D eigenvalue weighted by Gasteiger charge is 2.32. The number of hydrogen-bond donors (Lipinski definition) is 7. The van der Waals surface area contributed by atoms with Gasteiger partial charge >= 0.3 is 0 Å². The highest BCUT2D eigenvalue weighted by Crippen LogP contribution is 2.12. The normalized spacial score (nSPS) is 21.5. The van der Waals surface area contributed by atoms with Crippen molar-refractivity contribution in [1.82, 2.24) is 0 Å². The van der Waals surface area contributed by atoms with Crippen molar-refractivity contribution in [3.8, 4) is 0 Å². The molecule has 7 nitrogen and oxygen atoms in total. The van der Waals surface area contributed by atoms with Crippen LogP contribution in [0.4, 0.5) is 0 Å². The highest BCUT2D eigenvalue weighted by atomic mass is 16.4. The summed E-state index contributed by atoms with van der Waals surface area (Å²) in [4.78, 5) is 0. The fourth-order valence-corrected chi connectivity index (χ4v) is 0.898. The van der Waals surface area contributed by atoms with E-state index in [9.17, 15) is 10.2 Å². The zero-order chi connectivity index (χ0) is 12.2. The Morgan fingerprint density at radius 2 is 1.47 bits per heavy atom. The third kappa shape index (κ3) is 3.65. The molecule has 90 valence electrons. The van der Waals surface area contributed by atoms with E-state index in [0.29, 0.717) is 0 Å². The van der Waals surface area contributed by atoms with E-state index in [0.717, 1.165) is 6.92 Å². The van der Waals surface area contributed by atoms with Crippen LogP contribution < -0.4 is 0 Å². The lowest BCUT2D eigenvalue weighted by atomic mass is 10.0. The molecule has 0 aliphatic rings. The van der Waals surface area contributed by atoms with E-state index < -0.39 is 42.5 Å². The molecule has 0 bridgehead atoms. The van der Waals surface area contributed by atoms with Crippen LogP contribution in [0.5, 0.6) is 0 Å². The number of hydrogen-bond acceptors (Lipinski definition) is 7. The van der Waals surface area contributed by atoms with Gasteiger partial charge in [-0.05, 0) is 6.92 Å². The van der Waals surface area contributed by atoms with Crippen LogP contribution in [0.15, 0.2) is 11.5 Å². The van der Waals surface area contributed by atoms with Gasteiger partial charge in [-0.15, -0.1) is 0 Å². The van der Waals surface area contributed by atoms with Crippen molar-refractivity contribution in [2.24, 2.45) is 0 Å². The zero-order valence-electron chi connectivity index (χ0n) is 8.15. The predicted octanol–water partition coefficient (Wildman–Crippen LogP) is -2.23. The Balaban J connectivity index is 4.58. The molecule has 0 aliphatic carbocycles. The average Bonchev–Trinajstić information content (AvgIpc) is 2.23. The lowest BCUT2D eigenvalue weighted by Gasteiger charge is -2.25. The summed E-state index contributed by atoms with van der Waals surface area (Å²) in [5.74, 6) is -1.53. The van der Waals surface area contributed by atoms with Gasteiger partial charge in [-0.3, -0.25) is 0 Å². The maximum Gasteiger partial charge on any atom is 0.161 e. The van der Waals surface area contributed by atoms with Gasteiger partial charge in [0.05, 0.1) is 6.61 Å². The molecule has 15 heavy (non-hydrogen) atoms. The van der Waals surface area contributed by atoms with Gasteiger partial charge in [-0.2, -0.15) is 0 Å². The number of rotatable bonds is 5. The molecule has 7 heteroatoms. The molecular formula is C8H16O7. The molecule has 0 aromatic heterocycles. The van der Waals surface area contributed by atoms with Gasteiger partial charge in [0.15, 0.2) is 5.76 Å². The van der Waals surface area contributed by atoms with Crippen molar-refractivity contribution in [2.75, 3.05) is 6.61 Å². The number of aliphatic hydroxyl groups is 7. The highest BCUT2D eigenvalue weighted by molar-refractivity contribution is 5.05. The van der Waals surface area contributed by atoms with Crippen LogP contribution in [0.3, 0.4) is 0 Å². The van der Waals surface area contributed by atoms with Crippen LogP contribution in [0.2, 0.25) is 0 Å². The van der Waals surface area contributed by atoms with E-state index in [2.05, 4.69) is 0 Å². The zero-order valence-corrected chi connectivity index (χ0v) is 8.15. The molecule has 0 saturated heterocycles. The van der Waals surface area contributed by atoms with Crippen molar-refractivity contribution in [3.63, 3.8) is 0 Å². The SMILES string of the molecule is C/C(O)=C(/O)C(O)C(O)C(O)C(O)CO. The van der Waals surface area contributed by atoms with E-state index >= 15 is 0 Å². The summed E-state index contributed by atoms with van der Waals surface area (Å²) in [7, 11) is 0. The first-order valence-electron chi connectivity index (χ1n) is 4.24. The summed E-state index contributed by atoms with van der Waals surface area (Å²) in [5.41, 5.74) is 0. The minimum atomic E-state index is -1.94. The monoisotopic (exact) mass is 224 g/mol. The molecule has 7 N–H and O–H groups in total. The maximum atomic E-state index is 9.23. The van der Waals surface area contributed by atoms with Gasteiger partial charge in [-0.25, -0.2) is 0 Å². The molecular weight excluding hydrogens is 208 g/mol. The quantitative estimate of drug-likeness (QED) is 0.262. The molecule has 0 aromatic rings. The molecule has 0 spiro atoms. The third-order valence-electron chi connectivity index (χ3n) is 1.91. The molecule has 0 radical (unpaired) electrons. The molecule has 0 heterocycles. The molecule has 4 unspecified atom stereocenters. The number of allylic oxidation sites excluding steroid dienone is 1. The van der Waals surface area contributed by atoms with Gasteiger partial charge in [0, 0.05) is 0 Å². The second kappa shape index (κ2) is 5.89. The topological polar surface area (TPSA) is 142 Å². The maximum absolute atomic E-state index is 9.23. The first kappa shape index (κ1) is 14.1. The lowest BCUT2D eigenvalue weighted by molar-refractivity contribution is -0.113. The van der Waals surface area contributed by atoms with Crippen molar-refractivity contribution < 1.29 is 35.7 Å². The molecule has 0 amide bonds. The summed E-state index contributed by atoms with van der Waals surface area (Å²) in [6.07, 6.45) is -7.35. The Kier molecular flexibility index (Phi) is 5.55. The summed E-state index contributed by atoms with van der Waals surface area (Å²) in [6, 6.07) is 0. The molecule has 0 aromatic carbocycles. The van der Waals surface area contributed by atoms with Crippen LogP contribution in [0.25, 0.3) is 0 Å². The van der Waals surface area contributed by atoms with Gasteiger partial charge < -0.3 is 35.7 Å². The molecule has 0 rings (SSSR count). The summed E-state index contributed by atoms with van der Waals surface area (Å²) in [5, 5.41) is 62.8. The third-order valence-corrected chi connectivity index (χ3v) is 1.91. The van der Waals surface area contributed by atoms with Crippen LogP contribution in [-0.2, 0) is 0 Å². The minimum absolute atomic E-state index is 0.618. The molecule has 0 aliphatic heterocycles. The molecule has 0 fully saturated rings. The van der Waals surface area contributed by atoms with Gasteiger partial charge in [-0.1, -0.05) is 0 Å². The van der Waals surface area contributed by atoms with Crippen molar-refractivity contribution in [1.29, 1.82) is 0 Å². The Morgan fingerprint density at radius 3 is 1.80 bits per heavy atom. The van der Waals surface area contributed by atoms with Crippen molar-refractivity contribution in [3.05, 3.63) is 11.5 Å². The van der Waals surface area contributed by atoms with Crippen molar-refractivity contribution >= 4 is 0 Å². The molecule has 4 atom stereocenters. The van der Waals surface area contributed by atoms with Gasteiger partial charge in [0.1, 0.15) is 30.2 Å². The summed E-state index contributed by atoms with van der Waals surface area (Å²) >= 11 is 0. The largest absolute Gasteiger partial charge is 0.509 e. The minimum Gasteiger partial charge on any atom is -0.509 e. The van der Waals surface area contributed by atoms with Crippen LogP contribution in [0, 0.1) is 0 Å². The first-order valence-corrected chi connectivity index (χ1v) is 4.24. The second-order valence-electron chi connectivity index (χ2n) is 3.15. The van der Waals surface area contributed by atoms with E-state index in [1.807, 2.05) is 0 Å². The van der Waals surface area contributed by atoms with Crippen LogP contribution >= 0.6 is 0 Å². The lowest BCUT2D eigenvalue weighted by Crippen LogP contribution is -2.46. The predicted molar refractivity (Wildman–Crippen MR) is 49.1 cm³/mol. The molecule has 0 saturated carbocycles. The van der Waals surface area contributed by atoms with Crippen LogP contribution in [-0.4, -0.2) is 66.8 Å². The number of aliphatic hydroxyl groups excluding tert-OH is 7. The van der Waals surface area contributed by atoms with E-state index in [4.69, 9.17) is 25.5 Å². The average molecular weight is 224 g/mol. The van der Waals surface area contributed by atoms with E-state index in [1.165, 1.54) is 0 Å². The Hall–Kier alpha value is -0.860. The fourth-order valence-electron chi connectivity index (χ4n) is 0.898. The van der Waals surface area contributed by atoms with E-state index in [1.54, 1.807) is 0 Å². The Bertz CT molecular complexity index is 223. The van der Waals surface area contributed by atoms with Crippen LogP contribution in [0.1, 0.15) is 6.92 Å². The smallest absolute Gasteiger partial charge is 0.161 e. The Labute approximate surface area is 86.2 Å². The summed E-state index contributed by atoms with van der Waals surface area (Å²) < 4.78 is 0. The second-order valence-corrected chi connectivity index (χ2v) is 3.15. The standard InChI is InChI=1S/C8H16O7/c1-3(10)5(12)7(14)8(15)6(13)4(11)2-9/h4,6-15H,2H2,1H3/b5-3-. The van der Waals surface area contributed by atoms with Gasteiger partial charge in [0.2, 0.25) is 0 Å². The van der Waals surface area contributed by atoms with E-state index in [-0.39, 0.29) is 0 Å². The fraction of sp³-hybridized carbons (Fsp3) is 0.750.